The fourth-order valence-corrected chi connectivity index (χ4v) is 2.38. The zero-order valence-corrected chi connectivity index (χ0v) is 11.2. The van der Waals surface area contributed by atoms with Crippen molar-refractivity contribution in [1.29, 1.82) is 0 Å². The molecule has 1 aliphatic heterocycles. The molecule has 0 saturated carbocycles. The van der Waals surface area contributed by atoms with E-state index in [9.17, 15) is 4.79 Å². The molecule has 1 unspecified atom stereocenters. The number of carbonyl (C=O) groups is 1. The molecule has 1 heterocycles. The number of carbonyl (C=O) groups excluding carboxylic acids is 1. The third-order valence-corrected chi connectivity index (χ3v) is 3.35. The molecule has 20 heavy (non-hydrogen) atoms. The van der Waals surface area contributed by atoms with Crippen molar-refractivity contribution in [2.24, 2.45) is 0 Å². The molecule has 1 atom stereocenters. The zero-order chi connectivity index (χ0) is 13.9. The van der Waals surface area contributed by atoms with E-state index < -0.39 is 0 Å². The van der Waals surface area contributed by atoms with E-state index in [1.165, 1.54) is 0 Å². The van der Waals surface area contributed by atoms with Crippen LogP contribution in [0, 0.1) is 0 Å². The highest BCUT2D eigenvalue weighted by Gasteiger charge is 2.33. The summed E-state index contributed by atoms with van der Waals surface area (Å²) in [6, 6.07) is 19.5. The van der Waals surface area contributed by atoms with E-state index in [-0.39, 0.29) is 11.8 Å². The number of para-hydroxylation sites is 1. The van der Waals surface area contributed by atoms with Crippen LogP contribution in [0.5, 0.6) is 0 Å². The lowest BCUT2D eigenvalue weighted by molar-refractivity contribution is -0.113. The van der Waals surface area contributed by atoms with E-state index in [0.29, 0.717) is 5.57 Å². The lowest BCUT2D eigenvalue weighted by Gasteiger charge is -2.26. The SMILES string of the molecule is CC(=O)C1=CON(c2ccccc2)C1c1ccccc1. The van der Waals surface area contributed by atoms with Gasteiger partial charge in [0, 0.05) is 0 Å². The smallest absolute Gasteiger partial charge is 0.161 e. The van der Waals surface area contributed by atoms with E-state index in [2.05, 4.69) is 0 Å². The van der Waals surface area contributed by atoms with Crippen molar-refractivity contribution in [2.75, 3.05) is 5.06 Å². The summed E-state index contributed by atoms with van der Waals surface area (Å²) in [4.78, 5) is 17.5. The molecule has 3 heteroatoms. The van der Waals surface area contributed by atoms with Crippen LogP contribution in [0.2, 0.25) is 0 Å². The first-order valence-corrected chi connectivity index (χ1v) is 6.54. The normalized spacial score (nSPS) is 17.6. The van der Waals surface area contributed by atoms with E-state index in [1.54, 1.807) is 18.2 Å². The van der Waals surface area contributed by atoms with Crippen LogP contribution in [-0.4, -0.2) is 5.78 Å². The summed E-state index contributed by atoms with van der Waals surface area (Å²) in [5.41, 5.74) is 2.63. The molecular formula is C17H15NO2. The number of ketones is 1. The molecule has 3 rings (SSSR count). The van der Waals surface area contributed by atoms with E-state index in [1.807, 2.05) is 60.7 Å². The number of hydroxylamine groups is 1. The summed E-state index contributed by atoms with van der Waals surface area (Å²) in [6.45, 7) is 1.57. The fourth-order valence-electron chi connectivity index (χ4n) is 2.38. The number of hydrogen-bond acceptors (Lipinski definition) is 3. The Morgan fingerprint density at radius 1 is 1.00 bits per heavy atom. The first-order valence-electron chi connectivity index (χ1n) is 6.54. The van der Waals surface area contributed by atoms with Gasteiger partial charge in [0.15, 0.2) is 5.78 Å². The van der Waals surface area contributed by atoms with Crippen molar-refractivity contribution in [3.05, 3.63) is 78.1 Å². The summed E-state index contributed by atoms with van der Waals surface area (Å²) in [5.74, 6) is 0.0253. The topological polar surface area (TPSA) is 29.5 Å². The second-order valence-electron chi connectivity index (χ2n) is 4.71. The average Bonchev–Trinajstić information content (AvgIpc) is 2.94. The minimum Gasteiger partial charge on any atom is -0.386 e. The molecule has 0 amide bonds. The van der Waals surface area contributed by atoms with Gasteiger partial charge < -0.3 is 4.84 Å². The minimum absolute atomic E-state index is 0.0253. The summed E-state index contributed by atoms with van der Waals surface area (Å²) < 4.78 is 0. The van der Waals surface area contributed by atoms with Gasteiger partial charge in [-0.05, 0) is 24.6 Å². The predicted molar refractivity (Wildman–Crippen MR) is 78.0 cm³/mol. The van der Waals surface area contributed by atoms with Crippen LogP contribution in [0.4, 0.5) is 5.69 Å². The van der Waals surface area contributed by atoms with Crippen LogP contribution in [-0.2, 0) is 9.63 Å². The molecule has 0 spiro atoms. The van der Waals surface area contributed by atoms with Crippen molar-refractivity contribution in [1.82, 2.24) is 0 Å². The first-order chi connectivity index (χ1) is 9.77. The van der Waals surface area contributed by atoms with E-state index >= 15 is 0 Å². The van der Waals surface area contributed by atoms with Gasteiger partial charge >= 0.3 is 0 Å². The molecule has 0 aliphatic carbocycles. The molecule has 0 N–H and O–H groups in total. The van der Waals surface area contributed by atoms with E-state index in [0.717, 1.165) is 11.3 Å². The highest BCUT2D eigenvalue weighted by molar-refractivity contribution is 5.95. The number of Topliss-reactive ketones (excluding diaryl/α,β-unsaturated/α-hetero) is 1. The first kappa shape index (κ1) is 12.5. The standard InChI is InChI=1S/C17H15NO2/c1-13(19)16-12-20-18(15-10-6-3-7-11-15)17(16)14-8-4-2-5-9-14/h2-12,17H,1H3. The van der Waals surface area contributed by atoms with Crippen molar-refractivity contribution in [3.63, 3.8) is 0 Å². The van der Waals surface area contributed by atoms with Crippen molar-refractivity contribution in [3.8, 4) is 0 Å². The number of hydrogen-bond donors (Lipinski definition) is 0. The van der Waals surface area contributed by atoms with Gasteiger partial charge in [-0.1, -0.05) is 48.5 Å². The molecule has 2 aromatic carbocycles. The monoisotopic (exact) mass is 265 g/mol. The molecule has 0 bridgehead atoms. The second-order valence-corrected chi connectivity index (χ2v) is 4.71. The maximum absolute atomic E-state index is 11.8. The Labute approximate surface area is 118 Å². The predicted octanol–water partition coefficient (Wildman–Crippen LogP) is 3.65. The van der Waals surface area contributed by atoms with Crippen LogP contribution in [0.15, 0.2) is 72.5 Å². The largest absolute Gasteiger partial charge is 0.386 e. The van der Waals surface area contributed by atoms with Crippen LogP contribution in [0.3, 0.4) is 0 Å². The number of anilines is 1. The van der Waals surface area contributed by atoms with Gasteiger partial charge in [0.2, 0.25) is 0 Å². The van der Waals surface area contributed by atoms with Gasteiger partial charge in [-0.3, -0.25) is 4.79 Å². The van der Waals surface area contributed by atoms with Crippen LogP contribution < -0.4 is 5.06 Å². The maximum atomic E-state index is 11.8. The maximum Gasteiger partial charge on any atom is 0.161 e. The number of benzene rings is 2. The molecule has 0 fully saturated rings. The molecule has 2 aromatic rings. The Balaban J connectivity index is 2.03. The lowest BCUT2D eigenvalue weighted by atomic mass is 9.97. The number of nitrogens with zero attached hydrogens (tertiary/aromatic N) is 1. The van der Waals surface area contributed by atoms with Gasteiger partial charge in [0.1, 0.15) is 12.3 Å². The van der Waals surface area contributed by atoms with Crippen molar-refractivity contribution in [2.45, 2.75) is 13.0 Å². The van der Waals surface area contributed by atoms with Crippen molar-refractivity contribution >= 4 is 11.5 Å². The van der Waals surface area contributed by atoms with E-state index in [4.69, 9.17) is 4.84 Å². The van der Waals surface area contributed by atoms with Crippen LogP contribution in [0.25, 0.3) is 0 Å². The highest BCUT2D eigenvalue weighted by atomic mass is 16.7. The van der Waals surface area contributed by atoms with Gasteiger partial charge in [0.05, 0.1) is 11.3 Å². The Bertz CT molecular complexity index is 635. The molecule has 0 radical (unpaired) electrons. The molecule has 0 saturated heterocycles. The summed E-state index contributed by atoms with van der Waals surface area (Å²) in [6.07, 6.45) is 1.55. The Hall–Kier alpha value is -2.55. The Morgan fingerprint density at radius 3 is 2.20 bits per heavy atom. The summed E-state index contributed by atoms with van der Waals surface area (Å²) in [7, 11) is 0. The molecule has 3 nitrogen and oxygen atoms in total. The summed E-state index contributed by atoms with van der Waals surface area (Å²) in [5, 5.41) is 1.77. The minimum atomic E-state index is -0.198. The third kappa shape index (κ3) is 2.18. The van der Waals surface area contributed by atoms with Crippen LogP contribution >= 0.6 is 0 Å². The van der Waals surface area contributed by atoms with Gasteiger partial charge in [0.25, 0.3) is 0 Å². The lowest BCUT2D eigenvalue weighted by Crippen LogP contribution is -2.25. The Kier molecular flexibility index (Phi) is 3.25. The average molecular weight is 265 g/mol. The fraction of sp³-hybridized carbons (Fsp3) is 0.118. The summed E-state index contributed by atoms with van der Waals surface area (Å²) >= 11 is 0. The van der Waals surface area contributed by atoms with Gasteiger partial charge in [-0.25, -0.2) is 0 Å². The molecular weight excluding hydrogens is 250 g/mol. The molecule has 100 valence electrons. The van der Waals surface area contributed by atoms with Gasteiger partial charge in [-0.2, -0.15) is 5.06 Å². The van der Waals surface area contributed by atoms with Gasteiger partial charge in [-0.15, -0.1) is 0 Å². The molecule has 0 aromatic heterocycles. The Morgan fingerprint density at radius 2 is 1.60 bits per heavy atom. The van der Waals surface area contributed by atoms with Crippen LogP contribution in [0.1, 0.15) is 18.5 Å². The zero-order valence-electron chi connectivity index (χ0n) is 11.2. The third-order valence-electron chi connectivity index (χ3n) is 3.35. The number of rotatable bonds is 3. The quantitative estimate of drug-likeness (QED) is 0.848. The highest BCUT2D eigenvalue weighted by Crippen LogP contribution is 2.37. The second kappa shape index (κ2) is 5.21. The molecule has 1 aliphatic rings. The van der Waals surface area contributed by atoms with Crippen molar-refractivity contribution < 1.29 is 9.63 Å².